The molecule has 0 saturated heterocycles. The fraction of sp³-hybridized carbons (Fsp3) is 0.423. The Balaban J connectivity index is 1.38. The van der Waals surface area contributed by atoms with Crippen molar-refractivity contribution in [2.45, 2.75) is 50.1 Å². The molecule has 2 amide bonds. The predicted octanol–water partition coefficient (Wildman–Crippen LogP) is 3.04. The second-order valence-electron chi connectivity index (χ2n) is 9.02. The molecule has 8 heteroatoms. The average Bonchev–Trinajstić information content (AvgIpc) is 3.42. The van der Waals surface area contributed by atoms with Crippen molar-refractivity contribution in [3.63, 3.8) is 0 Å². The fourth-order valence-electron chi connectivity index (χ4n) is 4.99. The van der Waals surface area contributed by atoms with Gasteiger partial charge in [0.15, 0.2) is 0 Å². The minimum atomic E-state index is -1.05. The highest BCUT2D eigenvalue weighted by Gasteiger charge is 2.31. The number of nitrogens with one attached hydrogen (secondary N) is 2. The van der Waals surface area contributed by atoms with Gasteiger partial charge >= 0.3 is 12.1 Å². The van der Waals surface area contributed by atoms with Gasteiger partial charge in [0.1, 0.15) is 12.6 Å². The Morgan fingerprint density at radius 3 is 2.24 bits per heavy atom. The molecule has 8 nitrogen and oxygen atoms in total. The predicted molar refractivity (Wildman–Crippen MR) is 125 cm³/mol. The summed E-state index contributed by atoms with van der Waals surface area (Å²) >= 11 is 0. The smallest absolute Gasteiger partial charge is 0.407 e. The molecule has 0 aromatic heterocycles. The Kier molecular flexibility index (Phi) is 7.47. The zero-order chi connectivity index (χ0) is 24.1. The van der Waals surface area contributed by atoms with Crippen LogP contribution in [0.5, 0.6) is 0 Å². The van der Waals surface area contributed by atoms with Crippen LogP contribution in [0.3, 0.4) is 0 Å². The number of benzene rings is 2. The molecule has 2 aliphatic carbocycles. The molecule has 180 valence electrons. The molecule has 0 heterocycles. The summed E-state index contributed by atoms with van der Waals surface area (Å²) in [6.07, 6.45) is 1.17. The number of aliphatic hydroxyl groups is 1. The zero-order valence-corrected chi connectivity index (χ0v) is 18.9. The molecule has 0 spiro atoms. The molecule has 2 aromatic rings. The summed E-state index contributed by atoms with van der Waals surface area (Å²) in [5.41, 5.74) is 4.39. The molecule has 34 heavy (non-hydrogen) atoms. The van der Waals surface area contributed by atoms with Crippen LogP contribution in [0.1, 0.15) is 49.1 Å². The van der Waals surface area contributed by atoms with Gasteiger partial charge in [0.25, 0.3) is 0 Å². The van der Waals surface area contributed by atoms with E-state index in [9.17, 15) is 19.5 Å². The second-order valence-corrected chi connectivity index (χ2v) is 9.02. The molecule has 3 atom stereocenters. The third kappa shape index (κ3) is 5.39. The van der Waals surface area contributed by atoms with Gasteiger partial charge in [-0.1, -0.05) is 48.5 Å². The normalized spacial score (nSPS) is 19.7. The van der Waals surface area contributed by atoms with Crippen LogP contribution in [0, 0.1) is 5.92 Å². The van der Waals surface area contributed by atoms with Crippen molar-refractivity contribution in [1.29, 1.82) is 0 Å². The number of ether oxygens (including phenoxy) is 1. The van der Waals surface area contributed by atoms with E-state index in [4.69, 9.17) is 9.84 Å². The Hall–Kier alpha value is -3.39. The topological polar surface area (TPSA) is 125 Å². The largest absolute Gasteiger partial charge is 0.481 e. The van der Waals surface area contributed by atoms with Crippen molar-refractivity contribution >= 4 is 18.0 Å². The first-order chi connectivity index (χ1) is 16.5. The van der Waals surface area contributed by atoms with Crippen molar-refractivity contribution < 1.29 is 29.3 Å². The number of carbonyl (C=O) groups is 3. The molecule has 2 aliphatic rings. The van der Waals surface area contributed by atoms with Crippen molar-refractivity contribution in [1.82, 2.24) is 10.6 Å². The van der Waals surface area contributed by atoms with Gasteiger partial charge in [0.2, 0.25) is 5.91 Å². The van der Waals surface area contributed by atoms with Gasteiger partial charge < -0.3 is 25.6 Å². The van der Waals surface area contributed by atoms with Gasteiger partial charge in [0.05, 0.1) is 0 Å². The van der Waals surface area contributed by atoms with Crippen molar-refractivity contribution in [2.75, 3.05) is 13.2 Å². The van der Waals surface area contributed by atoms with Gasteiger partial charge in [-0.3, -0.25) is 9.59 Å². The summed E-state index contributed by atoms with van der Waals surface area (Å²) in [4.78, 5) is 36.5. The van der Waals surface area contributed by atoms with E-state index in [0.29, 0.717) is 6.42 Å². The van der Waals surface area contributed by atoms with E-state index < -0.39 is 24.0 Å². The third-order valence-corrected chi connectivity index (χ3v) is 6.74. The van der Waals surface area contributed by atoms with Crippen molar-refractivity contribution in [3.8, 4) is 11.1 Å². The van der Waals surface area contributed by atoms with E-state index in [0.717, 1.165) is 35.1 Å². The van der Waals surface area contributed by atoms with Gasteiger partial charge in [-0.2, -0.15) is 0 Å². The van der Waals surface area contributed by atoms with Crippen LogP contribution in [0.15, 0.2) is 48.5 Å². The van der Waals surface area contributed by atoms with Crippen molar-refractivity contribution in [2.24, 2.45) is 5.92 Å². The molecule has 4 N–H and O–H groups in total. The van der Waals surface area contributed by atoms with E-state index in [1.54, 1.807) is 0 Å². The average molecular weight is 467 g/mol. The minimum Gasteiger partial charge on any atom is -0.481 e. The number of fused-ring (bicyclic) bond motifs is 3. The molecule has 3 unspecified atom stereocenters. The standard InChI is InChI=1S/C26H30N2O6/c29-14-16-9-10-17(13-16)27-25(32)23(11-12-24(30)31)28-26(33)34-15-22-20-7-3-1-5-18(20)19-6-2-4-8-21(19)22/h1-8,16-17,22-23,29H,9-15H2,(H,27,32)(H,28,33)(H,30,31). The van der Waals surface area contributed by atoms with Gasteiger partial charge in [-0.25, -0.2) is 4.79 Å². The minimum absolute atomic E-state index is 0.0402. The number of hydrogen-bond donors (Lipinski definition) is 4. The molecule has 0 bridgehead atoms. The molecular formula is C26H30N2O6. The van der Waals surface area contributed by atoms with Gasteiger partial charge in [-0.15, -0.1) is 0 Å². The second kappa shape index (κ2) is 10.7. The van der Waals surface area contributed by atoms with Crippen LogP contribution >= 0.6 is 0 Å². The number of carboxylic acid groups (broad SMARTS) is 1. The van der Waals surface area contributed by atoms with E-state index in [1.807, 2.05) is 48.5 Å². The number of alkyl carbamates (subject to hydrolysis) is 1. The molecule has 4 rings (SSSR count). The number of aliphatic hydroxyl groups excluding tert-OH is 1. The Bertz CT molecular complexity index is 1010. The first kappa shape index (κ1) is 23.8. The lowest BCUT2D eigenvalue weighted by atomic mass is 9.98. The lowest BCUT2D eigenvalue weighted by Gasteiger charge is -2.21. The maximum atomic E-state index is 12.8. The van der Waals surface area contributed by atoms with E-state index >= 15 is 0 Å². The summed E-state index contributed by atoms with van der Waals surface area (Å²) in [5, 5.41) is 23.8. The highest BCUT2D eigenvalue weighted by Crippen LogP contribution is 2.44. The summed E-state index contributed by atoms with van der Waals surface area (Å²) in [5.74, 6) is -1.44. The summed E-state index contributed by atoms with van der Waals surface area (Å²) < 4.78 is 5.52. The van der Waals surface area contributed by atoms with Crippen LogP contribution in [-0.2, 0) is 14.3 Å². The summed E-state index contributed by atoms with van der Waals surface area (Å²) in [6, 6.07) is 14.9. The first-order valence-electron chi connectivity index (χ1n) is 11.7. The zero-order valence-electron chi connectivity index (χ0n) is 18.9. The highest BCUT2D eigenvalue weighted by molar-refractivity contribution is 5.86. The van der Waals surface area contributed by atoms with Gasteiger partial charge in [0, 0.05) is 25.0 Å². The molecule has 1 fully saturated rings. The number of amides is 2. The summed E-state index contributed by atoms with van der Waals surface area (Å²) in [7, 11) is 0. The lowest BCUT2D eigenvalue weighted by molar-refractivity contribution is -0.137. The molecular weight excluding hydrogens is 436 g/mol. The fourth-order valence-corrected chi connectivity index (χ4v) is 4.99. The SMILES string of the molecule is O=C(O)CCC(NC(=O)OCC1c2ccccc2-c2ccccc21)C(=O)NC1CCC(CO)C1. The quantitative estimate of drug-likeness (QED) is 0.450. The number of carbonyl (C=O) groups excluding carboxylic acids is 2. The van der Waals surface area contributed by atoms with Crippen LogP contribution in [0.2, 0.25) is 0 Å². The van der Waals surface area contributed by atoms with Crippen LogP contribution in [0.4, 0.5) is 4.79 Å². The number of hydrogen-bond acceptors (Lipinski definition) is 5. The van der Waals surface area contributed by atoms with Crippen LogP contribution in [0.25, 0.3) is 11.1 Å². The Morgan fingerprint density at radius 1 is 1.00 bits per heavy atom. The lowest BCUT2D eigenvalue weighted by Crippen LogP contribution is -2.49. The van der Waals surface area contributed by atoms with Gasteiger partial charge in [-0.05, 0) is 53.9 Å². The highest BCUT2D eigenvalue weighted by atomic mass is 16.5. The van der Waals surface area contributed by atoms with Crippen molar-refractivity contribution in [3.05, 3.63) is 59.7 Å². The van der Waals surface area contributed by atoms with Crippen LogP contribution < -0.4 is 10.6 Å². The molecule has 0 aliphatic heterocycles. The Labute approximate surface area is 198 Å². The maximum absolute atomic E-state index is 12.8. The summed E-state index contributed by atoms with van der Waals surface area (Å²) in [6.45, 7) is 0.181. The monoisotopic (exact) mass is 466 g/mol. The third-order valence-electron chi connectivity index (χ3n) is 6.74. The first-order valence-corrected chi connectivity index (χ1v) is 11.7. The number of carboxylic acids is 1. The van der Waals surface area contributed by atoms with E-state index in [1.165, 1.54) is 0 Å². The van der Waals surface area contributed by atoms with E-state index in [2.05, 4.69) is 10.6 Å². The number of aliphatic carboxylic acids is 1. The number of rotatable bonds is 9. The molecule has 2 aromatic carbocycles. The maximum Gasteiger partial charge on any atom is 0.407 e. The molecule has 1 saturated carbocycles. The Morgan fingerprint density at radius 2 is 1.65 bits per heavy atom. The van der Waals surface area contributed by atoms with E-state index in [-0.39, 0.29) is 43.9 Å². The van der Waals surface area contributed by atoms with Crippen LogP contribution in [-0.4, -0.2) is 53.5 Å². The molecule has 0 radical (unpaired) electrons.